The fraction of sp³-hybridized carbons (Fsp3) is 0.405. The van der Waals surface area contributed by atoms with Gasteiger partial charge in [-0.25, -0.2) is 9.78 Å². The first-order valence-corrected chi connectivity index (χ1v) is 22.7. The average Bonchev–Trinajstić information content (AvgIpc) is 3.73. The standard InChI is InChI=1S/C37H45N7O4S2Si/c1-7-48-35(46)31-32(26-17-19-43(20-18-26)34(45)27-13-9-8-10-14-27)50-36(38-31)42(3)30-23-25(2)33(41-40-30)39-37-44(24-47-21-22-51(4,5)6)28-15-11-12-16-29(28)49-37/h8-16,23,26H,7,17-22,24H2,1-6H3/b39-37-. The predicted octanol–water partition coefficient (Wildman–Crippen LogP) is 7.77. The van der Waals surface area contributed by atoms with Crippen LogP contribution in [0.15, 0.2) is 65.7 Å². The number of carbonyl (C=O) groups is 2. The largest absolute Gasteiger partial charge is 0.461 e. The number of para-hydroxylation sites is 1. The Morgan fingerprint density at radius 1 is 1.02 bits per heavy atom. The molecule has 0 bridgehead atoms. The summed E-state index contributed by atoms with van der Waals surface area (Å²) in [5, 5.41) is 9.70. The number of anilines is 2. The Balaban J connectivity index is 1.22. The van der Waals surface area contributed by atoms with Crippen molar-refractivity contribution in [1.82, 2.24) is 24.6 Å². The molecule has 1 fully saturated rings. The number of carbonyl (C=O) groups excluding carboxylic acids is 2. The highest BCUT2D eigenvalue weighted by Crippen LogP contribution is 2.39. The van der Waals surface area contributed by atoms with E-state index in [1.54, 1.807) is 18.3 Å². The lowest BCUT2D eigenvalue weighted by atomic mass is 9.93. The second kappa shape index (κ2) is 16.0. The number of rotatable bonds is 12. The zero-order valence-corrected chi connectivity index (χ0v) is 32.7. The van der Waals surface area contributed by atoms with Gasteiger partial charge in [0, 0.05) is 45.3 Å². The van der Waals surface area contributed by atoms with Gasteiger partial charge in [-0.3, -0.25) is 9.36 Å². The zero-order chi connectivity index (χ0) is 36.1. The Morgan fingerprint density at radius 2 is 1.75 bits per heavy atom. The summed E-state index contributed by atoms with van der Waals surface area (Å²) in [7, 11) is 0.663. The van der Waals surface area contributed by atoms with E-state index in [9.17, 15) is 9.59 Å². The number of esters is 1. The molecule has 1 aliphatic heterocycles. The topological polar surface area (TPSA) is 115 Å². The summed E-state index contributed by atoms with van der Waals surface area (Å²) in [6.45, 7) is 13.4. The Morgan fingerprint density at radius 3 is 2.45 bits per heavy atom. The molecule has 1 amide bonds. The van der Waals surface area contributed by atoms with Crippen molar-refractivity contribution in [3.05, 3.63) is 87.2 Å². The van der Waals surface area contributed by atoms with Gasteiger partial charge in [0.1, 0.15) is 6.73 Å². The van der Waals surface area contributed by atoms with Crippen LogP contribution in [0.1, 0.15) is 57.0 Å². The van der Waals surface area contributed by atoms with Crippen molar-refractivity contribution in [2.24, 2.45) is 4.99 Å². The Labute approximate surface area is 307 Å². The van der Waals surface area contributed by atoms with Crippen LogP contribution in [-0.4, -0.2) is 77.9 Å². The van der Waals surface area contributed by atoms with E-state index in [-0.39, 0.29) is 18.4 Å². The lowest BCUT2D eigenvalue weighted by Gasteiger charge is -2.31. The maximum absolute atomic E-state index is 13.1. The molecule has 4 heterocycles. The van der Waals surface area contributed by atoms with Crippen molar-refractivity contribution >= 4 is 69.6 Å². The second-order valence-corrected chi connectivity index (χ2v) is 21.5. The van der Waals surface area contributed by atoms with E-state index in [1.165, 1.54) is 11.3 Å². The number of fused-ring (bicyclic) bond motifs is 1. The number of amides is 1. The fourth-order valence-corrected chi connectivity index (χ4v) is 8.86. The quantitative estimate of drug-likeness (QED) is 0.0724. The van der Waals surface area contributed by atoms with E-state index < -0.39 is 14.0 Å². The Hall–Kier alpha value is -4.24. The number of nitrogens with zero attached hydrogens (tertiary/aromatic N) is 7. The van der Waals surface area contributed by atoms with E-state index in [0.717, 1.165) is 51.0 Å². The number of benzene rings is 2. The third kappa shape index (κ3) is 8.63. The van der Waals surface area contributed by atoms with Gasteiger partial charge in [-0.2, -0.15) is 4.99 Å². The van der Waals surface area contributed by atoms with Crippen molar-refractivity contribution < 1.29 is 19.1 Å². The maximum Gasteiger partial charge on any atom is 0.358 e. The molecule has 0 N–H and O–H groups in total. The van der Waals surface area contributed by atoms with Crippen LogP contribution in [-0.2, 0) is 16.2 Å². The number of aromatic nitrogens is 4. The van der Waals surface area contributed by atoms with Gasteiger partial charge in [-0.1, -0.05) is 61.3 Å². The summed E-state index contributed by atoms with van der Waals surface area (Å²) < 4.78 is 14.8. The molecule has 14 heteroatoms. The lowest BCUT2D eigenvalue weighted by molar-refractivity contribution is 0.0516. The van der Waals surface area contributed by atoms with Crippen molar-refractivity contribution in [3.8, 4) is 0 Å². The molecule has 11 nitrogen and oxygen atoms in total. The van der Waals surface area contributed by atoms with Crippen molar-refractivity contribution in [1.29, 1.82) is 0 Å². The van der Waals surface area contributed by atoms with E-state index in [0.29, 0.717) is 47.8 Å². The van der Waals surface area contributed by atoms with Crippen LogP contribution in [0.3, 0.4) is 0 Å². The zero-order valence-electron chi connectivity index (χ0n) is 30.1. The summed E-state index contributed by atoms with van der Waals surface area (Å²) in [4.78, 5) is 41.3. The van der Waals surface area contributed by atoms with Gasteiger partial charge in [0.25, 0.3) is 5.91 Å². The monoisotopic (exact) mass is 743 g/mol. The molecular weight excluding hydrogens is 699 g/mol. The van der Waals surface area contributed by atoms with Crippen LogP contribution >= 0.6 is 22.7 Å². The minimum absolute atomic E-state index is 0.0292. The normalized spacial score (nSPS) is 14.3. The molecule has 0 saturated carbocycles. The maximum atomic E-state index is 13.1. The van der Waals surface area contributed by atoms with Gasteiger partial charge < -0.3 is 19.3 Å². The molecule has 6 rings (SSSR count). The number of aryl methyl sites for hydroxylation is 1. The smallest absolute Gasteiger partial charge is 0.358 e. The molecule has 0 radical (unpaired) electrons. The first-order chi connectivity index (χ1) is 24.5. The van der Waals surface area contributed by atoms with E-state index >= 15 is 0 Å². The minimum atomic E-state index is -1.21. The third-order valence-electron chi connectivity index (χ3n) is 8.87. The highest BCUT2D eigenvalue weighted by molar-refractivity contribution is 7.16. The summed E-state index contributed by atoms with van der Waals surface area (Å²) in [5.41, 5.74) is 2.94. The number of hydrogen-bond acceptors (Lipinski definition) is 11. The van der Waals surface area contributed by atoms with Gasteiger partial charge >= 0.3 is 5.97 Å². The summed E-state index contributed by atoms with van der Waals surface area (Å²) in [6.07, 6.45) is 1.46. The van der Waals surface area contributed by atoms with Crippen molar-refractivity contribution in [3.63, 3.8) is 0 Å². The Kier molecular flexibility index (Phi) is 11.4. The molecular formula is C37H45N7O4S2Si. The van der Waals surface area contributed by atoms with Crippen LogP contribution in [0.2, 0.25) is 25.7 Å². The molecule has 0 atom stereocenters. The molecule has 0 aliphatic carbocycles. The van der Waals surface area contributed by atoms with Gasteiger partial charge in [-0.05, 0) is 74.5 Å². The summed E-state index contributed by atoms with van der Waals surface area (Å²) in [5.74, 6) is 0.776. The number of ether oxygens (including phenoxy) is 2. The van der Waals surface area contributed by atoms with Crippen molar-refractivity contribution in [2.75, 3.05) is 38.3 Å². The van der Waals surface area contributed by atoms with E-state index in [1.807, 2.05) is 72.3 Å². The van der Waals surface area contributed by atoms with E-state index in [4.69, 9.17) is 19.5 Å². The first kappa shape index (κ1) is 36.5. The van der Waals surface area contributed by atoms with Crippen LogP contribution in [0.4, 0.5) is 16.8 Å². The van der Waals surface area contributed by atoms with Gasteiger partial charge in [-0.15, -0.1) is 21.5 Å². The lowest BCUT2D eigenvalue weighted by Crippen LogP contribution is -2.38. The molecule has 2 aromatic carbocycles. The SMILES string of the molecule is CCOC(=O)c1nc(N(C)c2cc(C)c(/N=c3\sc4ccccc4n3COCC[Si](C)(C)C)nn2)sc1C1CCN(C(=O)c2ccccc2)CC1. The van der Waals surface area contributed by atoms with Crippen LogP contribution in [0, 0.1) is 6.92 Å². The number of thiazole rings is 2. The van der Waals surface area contributed by atoms with Gasteiger partial charge in [0.2, 0.25) is 0 Å². The van der Waals surface area contributed by atoms with Crippen molar-refractivity contribution in [2.45, 2.75) is 65.0 Å². The highest BCUT2D eigenvalue weighted by atomic mass is 32.1. The van der Waals surface area contributed by atoms with Gasteiger partial charge in [0.05, 0.1) is 16.8 Å². The van der Waals surface area contributed by atoms with Crippen LogP contribution in [0.5, 0.6) is 0 Å². The third-order valence-corrected chi connectivity index (χ3v) is 12.9. The highest BCUT2D eigenvalue weighted by Gasteiger charge is 2.31. The predicted molar refractivity (Wildman–Crippen MR) is 206 cm³/mol. The summed E-state index contributed by atoms with van der Waals surface area (Å²) >= 11 is 3.06. The number of likely N-dealkylation sites (tertiary alicyclic amines) is 1. The molecule has 1 aliphatic rings. The molecule has 0 spiro atoms. The molecule has 1 saturated heterocycles. The molecule has 51 heavy (non-hydrogen) atoms. The van der Waals surface area contributed by atoms with Crippen LogP contribution < -0.4 is 9.70 Å². The number of piperidine rings is 1. The fourth-order valence-electron chi connectivity index (χ4n) is 5.89. The minimum Gasteiger partial charge on any atom is -0.461 e. The summed E-state index contributed by atoms with van der Waals surface area (Å²) in [6, 6.07) is 20.6. The van der Waals surface area contributed by atoms with Gasteiger partial charge in [0.15, 0.2) is 27.3 Å². The molecule has 5 aromatic rings. The van der Waals surface area contributed by atoms with Crippen LogP contribution in [0.25, 0.3) is 10.2 Å². The number of hydrogen-bond donors (Lipinski definition) is 0. The molecule has 268 valence electrons. The Bertz CT molecular complexity index is 2060. The molecule has 0 unspecified atom stereocenters. The average molecular weight is 744 g/mol. The first-order valence-electron chi connectivity index (χ1n) is 17.3. The molecule has 3 aromatic heterocycles. The second-order valence-electron chi connectivity index (χ2n) is 13.9. The van der Waals surface area contributed by atoms with E-state index in [2.05, 4.69) is 46.5 Å².